The van der Waals surface area contributed by atoms with Gasteiger partial charge in [0.05, 0.1) is 25.4 Å². The van der Waals surface area contributed by atoms with Gasteiger partial charge in [0.15, 0.2) is 11.7 Å². The standard InChI is InChI=1S/C19H23N3O3S/c1-2-25-18(24)15-9-6-10-22(11-15)12-17(23)21-19-20-16(13-26-19)14-7-4-3-5-8-14/h3-5,7-8,13,15H,2,6,9-12H2,1H3,(H,20,21,23)/p+1/t15-/m0/s1. The van der Waals surface area contributed by atoms with Crippen LogP contribution in [0.25, 0.3) is 11.3 Å². The van der Waals surface area contributed by atoms with Gasteiger partial charge in [0.25, 0.3) is 5.91 Å². The molecular formula is C19H24N3O3S+. The van der Waals surface area contributed by atoms with Crippen molar-refractivity contribution in [3.8, 4) is 11.3 Å². The number of aromatic nitrogens is 1. The minimum Gasteiger partial charge on any atom is -0.466 e. The predicted molar refractivity (Wildman–Crippen MR) is 101 cm³/mol. The first kappa shape index (κ1) is 18.5. The van der Waals surface area contributed by atoms with Gasteiger partial charge in [-0.3, -0.25) is 14.9 Å². The molecule has 0 radical (unpaired) electrons. The second-order valence-corrected chi connectivity index (χ2v) is 7.28. The van der Waals surface area contributed by atoms with Gasteiger partial charge in [-0.15, -0.1) is 11.3 Å². The summed E-state index contributed by atoms with van der Waals surface area (Å²) >= 11 is 1.42. The zero-order valence-electron chi connectivity index (χ0n) is 14.9. The van der Waals surface area contributed by atoms with E-state index < -0.39 is 0 Å². The summed E-state index contributed by atoms with van der Waals surface area (Å²) in [6.07, 6.45) is 1.78. The number of quaternary nitrogens is 1. The van der Waals surface area contributed by atoms with E-state index in [1.165, 1.54) is 11.3 Å². The minimum absolute atomic E-state index is 0.0709. The summed E-state index contributed by atoms with van der Waals surface area (Å²) < 4.78 is 5.11. The second kappa shape index (κ2) is 8.91. The van der Waals surface area contributed by atoms with Crippen LogP contribution >= 0.6 is 11.3 Å². The molecule has 1 aliphatic heterocycles. The van der Waals surface area contributed by atoms with E-state index in [0.29, 0.717) is 24.8 Å². The smallest absolute Gasteiger partial charge is 0.314 e. The molecule has 1 fully saturated rings. The number of carbonyl (C=O) groups excluding carboxylic acids is 2. The van der Waals surface area contributed by atoms with Gasteiger partial charge in [0.1, 0.15) is 5.92 Å². The third-order valence-corrected chi connectivity index (χ3v) is 5.23. The first-order valence-corrected chi connectivity index (χ1v) is 9.84. The number of nitrogens with zero attached hydrogens (tertiary/aromatic N) is 1. The molecule has 0 spiro atoms. The number of benzene rings is 1. The van der Waals surface area contributed by atoms with Gasteiger partial charge in [0.2, 0.25) is 0 Å². The number of nitrogens with one attached hydrogen (secondary N) is 2. The Morgan fingerprint density at radius 2 is 2.15 bits per heavy atom. The first-order chi connectivity index (χ1) is 12.7. The molecule has 1 aromatic heterocycles. The lowest BCUT2D eigenvalue weighted by atomic mass is 9.98. The predicted octanol–water partition coefficient (Wildman–Crippen LogP) is 1.61. The van der Waals surface area contributed by atoms with Crippen LogP contribution in [0, 0.1) is 5.92 Å². The highest BCUT2D eigenvalue weighted by atomic mass is 32.1. The average molecular weight is 374 g/mol. The molecule has 138 valence electrons. The summed E-state index contributed by atoms with van der Waals surface area (Å²) in [5.41, 5.74) is 1.89. The molecular weight excluding hydrogens is 350 g/mol. The summed E-state index contributed by atoms with van der Waals surface area (Å²) in [4.78, 5) is 29.9. The van der Waals surface area contributed by atoms with Crippen LogP contribution < -0.4 is 10.2 Å². The Hall–Kier alpha value is -2.25. The van der Waals surface area contributed by atoms with Gasteiger partial charge in [-0.05, 0) is 19.8 Å². The maximum absolute atomic E-state index is 12.3. The van der Waals surface area contributed by atoms with Gasteiger partial charge < -0.3 is 9.64 Å². The molecule has 0 aliphatic carbocycles. The minimum atomic E-state index is -0.141. The average Bonchev–Trinajstić information content (AvgIpc) is 3.11. The zero-order chi connectivity index (χ0) is 18.4. The van der Waals surface area contributed by atoms with E-state index in [4.69, 9.17) is 4.74 Å². The van der Waals surface area contributed by atoms with Crippen LogP contribution in [0.15, 0.2) is 35.7 Å². The van der Waals surface area contributed by atoms with Crippen molar-refractivity contribution in [3.63, 3.8) is 0 Å². The Labute approximate surface area is 157 Å². The molecule has 2 N–H and O–H groups in total. The number of amides is 1. The van der Waals surface area contributed by atoms with Crippen molar-refractivity contribution in [3.05, 3.63) is 35.7 Å². The Morgan fingerprint density at radius 3 is 2.92 bits per heavy atom. The Balaban J connectivity index is 1.53. The summed E-state index contributed by atoms with van der Waals surface area (Å²) in [7, 11) is 0. The molecule has 6 nitrogen and oxygen atoms in total. The van der Waals surface area contributed by atoms with E-state index in [-0.39, 0.29) is 17.8 Å². The van der Waals surface area contributed by atoms with Gasteiger partial charge in [-0.2, -0.15) is 0 Å². The van der Waals surface area contributed by atoms with Gasteiger partial charge in [-0.25, -0.2) is 4.98 Å². The maximum atomic E-state index is 12.3. The first-order valence-electron chi connectivity index (χ1n) is 8.96. The number of esters is 1. The Bertz CT molecular complexity index is 747. The number of thiazole rings is 1. The van der Waals surface area contributed by atoms with Crippen LogP contribution in [0.2, 0.25) is 0 Å². The van der Waals surface area contributed by atoms with Crippen molar-refractivity contribution >= 4 is 28.3 Å². The Morgan fingerprint density at radius 1 is 1.35 bits per heavy atom. The molecule has 2 heterocycles. The maximum Gasteiger partial charge on any atom is 0.314 e. The van der Waals surface area contributed by atoms with Crippen LogP contribution in [-0.2, 0) is 14.3 Å². The summed E-state index contributed by atoms with van der Waals surface area (Å²) in [5.74, 6) is -0.313. The van der Waals surface area contributed by atoms with Crippen molar-refractivity contribution in [1.29, 1.82) is 0 Å². The summed E-state index contributed by atoms with van der Waals surface area (Å²) in [6.45, 7) is 4.11. The van der Waals surface area contributed by atoms with Crippen LogP contribution in [0.1, 0.15) is 19.8 Å². The van der Waals surface area contributed by atoms with Crippen molar-refractivity contribution < 1.29 is 19.2 Å². The zero-order valence-corrected chi connectivity index (χ0v) is 15.7. The van der Waals surface area contributed by atoms with E-state index in [9.17, 15) is 9.59 Å². The number of ether oxygens (including phenoxy) is 1. The number of carbonyl (C=O) groups is 2. The molecule has 3 rings (SSSR count). The fourth-order valence-electron chi connectivity index (χ4n) is 3.24. The van der Waals surface area contributed by atoms with Gasteiger partial charge >= 0.3 is 5.97 Å². The summed E-state index contributed by atoms with van der Waals surface area (Å²) in [6, 6.07) is 9.88. The number of piperidine rings is 1. The van der Waals surface area contributed by atoms with E-state index in [1.807, 2.05) is 42.6 Å². The monoisotopic (exact) mass is 374 g/mol. The molecule has 26 heavy (non-hydrogen) atoms. The molecule has 1 amide bonds. The molecule has 1 saturated heterocycles. The van der Waals surface area contributed by atoms with E-state index in [0.717, 1.165) is 35.5 Å². The van der Waals surface area contributed by atoms with E-state index in [2.05, 4.69) is 10.3 Å². The van der Waals surface area contributed by atoms with E-state index in [1.54, 1.807) is 0 Å². The molecule has 1 aromatic carbocycles. The van der Waals surface area contributed by atoms with Crippen LogP contribution in [0.3, 0.4) is 0 Å². The third kappa shape index (κ3) is 4.89. The lowest BCUT2D eigenvalue weighted by Crippen LogP contribution is -3.14. The van der Waals surface area contributed by atoms with Crippen LogP contribution in [-0.4, -0.2) is 43.1 Å². The normalized spacial score (nSPS) is 19.7. The van der Waals surface area contributed by atoms with Crippen LogP contribution in [0.5, 0.6) is 0 Å². The SMILES string of the molecule is CCOC(=O)[C@H]1CCC[NH+](CC(=O)Nc2nc(-c3ccccc3)cs2)C1. The quantitative estimate of drug-likeness (QED) is 0.754. The summed E-state index contributed by atoms with van der Waals surface area (Å²) in [5, 5.41) is 5.42. The lowest BCUT2D eigenvalue weighted by Gasteiger charge is -2.28. The fourth-order valence-corrected chi connectivity index (χ4v) is 3.97. The molecule has 2 aromatic rings. The number of likely N-dealkylation sites (tertiary alicyclic amines) is 1. The highest BCUT2D eigenvalue weighted by Crippen LogP contribution is 2.24. The molecule has 0 bridgehead atoms. The van der Waals surface area contributed by atoms with E-state index >= 15 is 0 Å². The molecule has 1 aliphatic rings. The topological polar surface area (TPSA) is 72.7 Å². The number of anilines is 1. The van der Waals surface area contributed by atoms with Crippen molar-refractivity contribution in [2.24, 2.45) is 5.92 Å². The number of hydrogen-bond acceptors (Lipinski definition) is 5. The highest BCUT2D eigenvalue weighted by Gasteiger charge is 2.30. The van der Waals surface area contributed by atoms with Crippen molar-refractivity contribution in [1.82, 2.24) is 4.98 Å². The highest BCUT2D eigenvalue weighted by molar-refractivity contribution is 7.14. The number of hydrogen-bond donors (Lipinski definition) is 2. The van der Waals surface area contributed by atoms with Gasteiger partial charge in [-0.1, -0.05) is 30.3 Å². The van der Waals surface area contributed by atoms with Crippen molar-refractivity contribution in [2.45, 2.75) is 19.8 Å². The van der Waals surface area contributed by atoms with Crippen LogP contribution in [0.4, 0.5) is 5.13 Å². The molecule has 0 saturated carbocycles. The molecule has 2 atom stereocenters. The van der Waals surface area contributed by atoms with Gasteiger partial charge in [0, 0.05) is 10.9 Å². The molecule has 1 unspecified atom stereocenters. The fraction of sp³-hybridized carbons (Fsp3) is 0.421. The third-order valence-electron chi connectivity index (χ3n) is 4.47. The second-order valence-electron chi connectivity index (χ2n) is 6.42. The Kier molecular flexibility index (Phi) is 6.35. The van der Waals surface area contributed by atoms with Crippen molar-refractivity contribution in [2.75, 3.05) is 31.6 Å². The lowest BCUT2D eigenvalue weighted by molar-refractivity contribution is -0.899. The largest absolute Gasteiger partial charge is 0.466 e. The number of rotatable bonds is 6. The molecule has 7 heteroatoms.